The lowest BCUT2D eigenvalue weighted by atomic mass is 10.2. The Labute approximate surface area is 86.3 Å². The van der Waals surface area contributed by atoms with E-state index >= 15 is 0 Å². The highest BCUT2D eigenvalue weighted by atomic mass is 16.4. The van der Waals surface area contributed by atoms with Crippen molar-refractivity contribution in [2.75, 3.05) is 18.5 Å². The van der Waals surface area contributed by atoms with Crippen molar-refractivity contribution >= 4 is 17.6 Å². The summed E-state index contributed by atoms with van der Waals surface area (Å²) in [6, 6.07) is 1.37. The van der Waals surface area contributed by atoms with Crippen LogP contribution in [-0.4, -0.2) is 35.6 Å². The van der Waals surface area contributed by atoms with Crippen molar-refractivity contribution in [3.63, 3.8) is 0 Å². The molecular weight excluding hydrogens is 198 g/mol. The van der Waals surface area contributed by atoms with Crippen LogP contribution in [0.4, 0.5) is 5.69 Å². The molecule has 6 heteroatoms. The number of carbonyl (C=O) groups excluding carboxylic acids is 1. The number of nitrogens with zero attached hydrogens (tertiary/aromatic N) is 2. The number of rotatable bonds is 4. The van der Waals surface area contributed by atoms with Gasteiger partial charge in [-0.25, -0.2) is 4.79 Å². The second-order valence-corrected chi connectivity index (χ2v) is 3.02. The summed E-state index contributed by atoms with van der Waals surface area (Å²) in [4.78, 5) is 26.8. The fourth-order valence-corrected chi connectivity index (χ4v) is 1.19. The Morgan fingerprint density at radius 1 is 1.60 bits per heavy atom. The van der Waals surface area contributed by atoms with Gasteiger partial charge in [-0.15, -0.1) is 0 Å². The van der Waals surface area contributed by atoms with Crippen molar-refractivity contribution < 1.29 is 14.7 Å². The van der Waals surface area contributed by atoms with Gasteiger partial charge in [-0.2, -0.15) is 0 Å². The zero-order valence-electron chi connectivity index (χ0n) is 8.17. The number of amides is 1. The summed E-state index contributed by atoms with van der Waals surface area (Å²) < 4.78 is 0. The van der Waals surface area contributed by atoms with Crippen molar-refractivity contribution in [2.45, 2.75) is 0 Å². The van der Waals surface area contributed by atoms with Crippen molar-refractivity contribution in [2.24, 2.45) is 5.73 Å². The number of carboxylic acid groups (broad SMARTS) is 1. The zero-order valence-corrected chi connectivity index (χ0v) is 8.17. The van der Waals surface area contributed by atoms with E-state index in [1.54, 1.807) is 7.05 Å². The van der Waals surface area contributed by atoms with Crippen LogP contribution in [0.5, 0.6) is 0 Å². The van der Waals surface area contributed by atoms with Gasteiger partial charge in [0.05, 0.1) is 24.0 Å². The lowest BCUT2D eigenvalue weighted by Crippen LogP contribution is -2.31. The fraction of sp³-hybridized carbons (Fsp3) is 0.222. The molecule has 0 atom stereocenters. The number of hydrogen-bond acceptors (Lipinski definition) is 4. The third-order valence-electron chi connectivity index (χ3n) is 1.83. The van der Waals surface area contributed by atoms with Gasteiger partial charge in [0.2, 0.25) is 5.91 Å². The lowest BCUT2D eigenvalue weighted by molar-refractivity contribution is -0.116. The van der Waals surface area contributed by atoms with Crippen molar-refractivity contribution in [1.29, 1.82) is 0 Å². The van der Waals surface area contributed by atoms with Crippen LogP contribution in [0.1, 0.15) is 10.4 Å². The largest absolute Gasteiger partial charge is 0.478 e. The van der Waals surface area contributed by atoms with Crippen molar-refractivity contribution in [1.82, 2.24) is 4.98 Å². The predicted molar refractivity (Wildman–Crippen MR) is 53.7 cm³/mol. The Hall–Kier alpha value is -2.11. The van der Waals surface area contributed by atoms with Gasteiger partial charge in [0.15, 0.2) is 0 Å². The molecule has 80 valence electrons. The minimum Gasteiger partial charge on any atom is -0.478 e. The van der Waals surface area contributed by atoms with E-state index in [1.165, 1.54) is 23.4 Å². The number of primary amides is 1. The van der Waals surface area contributed by atoms with E-state index in [4.69, 9.17) is 10.8 Å². The molecule has 6 nitrogen and oxygen atoms in total. The third-order valence-corrected chi connectivity index (χ3v) is 1.83. The first-order valence-corrected chi connectivity index (χ1v) is 4.19. The van der Waals surface area contributed by atoms with Crippen LogP contribution >= 0.6 is 0 Å². The SMILES string of the molecule is CN(CC(N)=O)c1cnccc1C(=O)O. The number of pyridine rings is 1. The Morgan fingerprint density at radius 3 is 2.80 bits per heavy atom. The first kappa shape index (κ1) is 11.0. The maximum Gasteiger partial charge on any atom is 0.337 e. The molecule has 1 amide bonds. The number of carboxylic acids is 1. The summed E-state index contributed by atoms with van der Waals surface area (Å²) in [7, 11) is 1.58. The highest BCUT2D eigenvalue weighted by Crippen LogP contribution is 2.16. The first-order valence-electron chi connectivity index (χ1n) is 4.19. The van der Waals surface area contributed by atoms with E-state index in [2.05, 4.69) is 4.98 Å². The summed E-state index contributed by atoms with van der Waals surface area (Å²) in [6.07, 6.45) is 2.76. The Balaban J connectivity index is 3.02. The minimum absolute atomic E-state index is 0.0496. The van der Waals surface area contributed by atoms with Crippen molar-refractivity contribution in [3.05, 3.63) is 24.0 Å². The zero-order chi connectivity index (χ0) is 11.4. The number of aromatic carboxylic acids is 1. The van der Waals surface area contributed by atoms with Gasteiger partial charge in [0, 0.05) is 13.2 Å². The van der Waals surface area contributed by atoms with Crippen LogP contribution in [0.25, 0.3) is 0 Å². The van der Waals surface area contributed by atoms with Crippen LogP contribution < -0.4 is 10.6 Å². The molecule has 0 aliphatic rings. The van der Waals surface area contributed by atoms with Crippen LogP contribution in [0.2, 0.25) is 0 Å². The Kier molecular flexibility index (Phi) is 3.22. The molecule has 0 saturated carbocycles. The topological polar surface area (TPSA) is 96.5 Å². The predicted octanol–water partition coefficient (Wildman–Crippen LogP) is -0.299. The summed E-state index contributed by atoms with van der Waals surface area (Å²) in [5.74, 6) is -1.60. The number of hydrogen-bond donors (Lipinski definition) is 2. The summed E-state index contributed by atoms with van der Waals surface area (Å²) >= 11 is 0. The molecule has 0 saturated heterocycles. The van der Waals surface area contributed by atoms with Crippen LogP contribution in [0.15, 0.2) is 18.5 Å². The van der Waals surface area contributed by atoms with E-state index in [0.29, 0.717) is 5.69 Å². The number of carbonyl (C=O) groups is 2. The van der Waals surface area contributed by atoms with E-state index in [1.807, 2.05) is 0 Å². The Morgan fingerprint density at radius 2 is 2.27 bits per heavy atom. The summed E-state index contributed by atoms with van der Waals surface area (Å²) in [6.45, 7) is -0.0496. The third kappa shape index (κ3) is 2.67. The molecular formula is C9H11N3O3. The maximum atomic E-state index is 10.8. The van der Waals surface area contributed by atoms with E-state index in [0.717, 1.165) is 0 Å². The maximum absolute atomic E-state index is 10.8. The average Bonchev–Trinajstić information content (AvgIpc) is 2.16. The lowest BCUT2D eigenvalue weighted by Gasteiger charge is -2.18. The molecule has 1 rings (SSSR count). The monoisotopic (exact) mass is 209 g/mol. The van der Waals surface area contributed by atoms with Gasteiger partial charge in [0.25, 0.3) is 0 Å². The van der Waals surface area contributed by atoms with E-state index < -0.39 is 11.9 Å². The second kappa shape index (κ2) is 4.41. The molecule has 1 aromatic heterocycles. The number of anilines is 1. The standard InChI is InChI=1S/C9H11N3O3/c1-12(5-8(10)13)7-4-11-3-2-6(7)9(14)15/h2-4H,5H2,1H3,(H2,10,13)(H,14,15). The highest BCUT2D eigenvalue weighted by molar-refractivity contribution is 5.94. The molecule has 1 aromatic rings. The molecule has 0 aliphatic carbocycles. The molecule has 0 aliphatic heterocycles. The van der Waals surface area contributed by atoms with Gasteiger partial charge >= 0.3 is 5.97 Å². The first-order chi connectivity index (χ1) is 7.02. The summed E-state index contributed by atoms with van der Waals surface area (Å²) in [5, 5.41) is 8.88. The quantitative estimate of drug-likeness (QED) is 0.709. The normalized spacial score (nSPS) is 9.67. The minimum atomic E-state index is -1.07. The van der Waals surface area contributed by atoms with Gasteiger partial charge in [-0.05, 0) is 6.07 Å². The molecule has 15 heavy (non-hydrogen) atoms. The van der Waals surface area contributed by atoms with E-state index in [-0.39, 0.29) is 12.1 Å². The fourth-order valence-electron chi connectivity index (χ4n) is 1.19. The molecule has 0 spiro atoms. The van der Waals surface area contributed by atoms with E-state index in [9.17, 15) is 9.59 Å². The van der Waals surface area contributed by atoms with Gasteiger partial charge in [-0.1, -0.05) is 0 Å². The summed E-state index contributed by atoms with van der Waals surface area (Å²) in [5.41, 5.74) is 5.46. The highest BCUT2D eigenvalue weighted by Gasteiger charge is 2.14. The van der Waals surface area contributed by atoms with Gasteiger partial charge in [-0.3, -0.25) is 9.78 Å². The molecule has 0 bridgehead atoms. The van der Waals surface area contributed by atoms with Crippen LogP contribution in [0.3, 0.4) is 0 Å². The smallest absolute Gasteiger partial charge is 0.337 e. The van der Waals surface area contributed by atoms with Crippen LogP contribution in [0, 0.1) is 0 Å². The van der Waals surface area contributed by atoms with Gasteiger partial charge < -0.3 is 15.7 Å². The molecule has 0 radical (unpaired) electrons. The average molecular weight is 209 g/mol. The Bertz CT molecular complexity index is 392. The van der Waals surface area contributed by atoms with Crippen molar-refractivity contribution in [3.8, 4) is 0 Å². The molecule has 0 aromatic carbocycles. The number of nitrogens with two attached hydrogens (primary N) is 1. The van der Waals surface area contributed by atoms with Gasteiger partial charge in [0.1, 0.15) is 0 Å². The number of likely N-dealkylation sites (N-methyl/N-ethyl adjacent to an activating group) is 1. The molecule has 0 unspecified atom stereocenters. The van der Waals surface area contributed by atoms with Crippen LogP contribution in [-0.2, 0) is 4.79 Å². The molecule has 0 fully saturated rings. The molecule has 3 N–H and O–H groups in total. The second-order valence-electron chi connectivity index (χ2n) is 3.02. The molecule has 1 heterocycles. The number of aromatic nitrogens is 1.